The molecule has 1 heterocycles. The number of imidazole rings is 1. The van der Waals surface area contributed by atoms with Crippen molar-refractivity contribution in [3.8, 4) is 0 Å². The van der Waals surface area contributed by atoms with Gasteiger partial charge in [0, 0.05) is 50.0 Å². The molecular formula is C26H31F2N5O3. The number of primary amides is 1. The first-order valence-electron chi connectivity index (χ1n) is 12.0. The number of hydrogen-bond donors (Lipinski definition) is 3. The summed E-state index contributed by atoms with van der Waals surface area (Å²) < 4.78 is 28.8. The van der Waals surface area contributed by atoms with E-state index in [2.05, 4.69) is 10.3 Å². The standard InChI is InChI=1S/C26H31F2N5O3/c1-16-3-5-17(6-4-16)23(35)31-25-30-20-15-19(7-8-21(20)33(25)14-11-22(29)34)32(2)24(36)18-9-12-26(27,28)13-10-18/h3-8,15,18,24,36H,9-14H2,1-2H3,(H2,29,34)(H,30,31,35). The van der Waals surface area contributed by atoms with Gasteiger partial charge in [-0.15, -0.1) is 0 Å². The van der Waals surface area contributed by atoms with Crippen LogP contribution in [-0.4, -0.2) is 45.7 Å². The molecule has 1 saturated carbocycles. The molecule has 192 valence electrons. The monoisotopic (exact) mass is 499 g/mol. The number of halogens is 2. The van der Waals surface area contributed by atoms with E-state index in [-0.39, 0.29) is 56.4 Å². The Morgan fingerprint density at radius 2 is 1.89 bits per heavy atom. The summed E-state index contributed by atoms with van der Waals surface area (Å²) in [4.78, 5) is 30.5. The van der Waals surface area contributed by atoms with Crippen LogP contribution in [0.15, 0.2) is 42.5 Å². The molecule has 3 aromatic rings. The highest BCUT2D eigenvalue weighted by Gasteiger charge is 2.38. The van der Waals surface area contributed by atoms with Crippen LogP contribution < -0.4 is 16.0 Å². The maximum Gasteiger partial charge on any atom is 0.257 e. The number of hydrogen-bond acceptors (Lipinski definition) is 5. The molecule has 4 rings (SSSR count). The van der Waals surface area contributed by atoms with Crippen molar-refractivity contribution < 1.29 is 23.5 Å². The van der Waals surface area contributed by atoms with Crippen molar-refractivity contribution in [1.29, 1.82) is 0 Å². The van der Waals surface area contributed by atoms with E-state index in [1.54, 1.807) is 46.8 Å². The largest absolute Gasteiger partial charge is 0.373 e. The summed E-state index contributed by atoms with van der Waals surface area (Å²) >= 11 is 0. The van der Waals surface area contributed by atoms with E-state index in [1.807, 2.05) is 19.1 Å². The summed E-state index contributed by atoms with van der Waals surface area (Å²) in [6.45, 7) is 2.16. The maximum absolute atomic E-state index is 13.5. The molecule has 1 atom stereocenters. The fraction of sp³-hybridized carbons (Fsp3) is 0.423. The molecule has 1 aromatic heterocycles. The van der Waals surface area contributed by atoms with Crippen molar-refractivity contribution in [2.45, 2.75) is 57.7 Å². The average molecular weight is 500 g/mol. The predicted molar refractivity (Wildman–Crippen MR) is 134 cm³/mol. The van der Waals surface area contributed by atoms with Crippen LogP contribution in [-0.2, 0) is 11.3 Å². The van der Waals surface area contributed by atoms with Gasteiger partial charge in [0.1, 0.15) is 6.23 Å². The number of nitrogens with zero attached hydrogens (tertiary/aromatic N) is 3. The van der Waals surface area contributed by atoms with Crippen molar-refractivity contribution in [2.75, 3.05) is 17.3 Å². The molecule has 4 N–H and O–H groups in total. The molecule has 0 radical (unpaired) electrons. The lowest BCUT2D eigenvalue weighted by molar-refractivity contribution is -0.118. The van der Waals surface area contributed by atoms with Gasteiger partial charge in [-0.1, -0.05) is 17.7 Å². The molecule has 1 fully saturated rings. The Kier molecular flexibility index (Phi) is 7.26. The third-order valence-electron chi connectivity index (χ3n) is 6.84. The molecule has 1 aliphatic carbocycles. The van der Waals surface area contributed by atoms with Crippen LogP contribution in [0, 0.1) is 12.8 Å². The summed E-state index contributed by atoms with van der Waals surface area (Å²) in [5.41, 5.74) is 8.73. The minimum atomic E-state index is -2.66. The molecule has 36 heavy (non-hydrogen) atoms. The number of amides is 2. The zero-order valence-corrected chi connectivity index (χ0v) is 20.4. The van der Waals surface area contributed by atoms with Crippen molar-refractivity contribution in [3.05, 3.63) is 53.6 Å². The highest BCUT2D eigenvalue weighted by atomic mass is 19.3. The van der Waals surface area contributed by atoms with Gasteiger partial charge in [-0.2, -0.15) is 0 Å². The molecule has 8 nitrogen and oxygen atoms in total. The molecule has 0 saturated heterocycles. The minimum absolute atomic E-state index is 0.0611. The lowest BCUT2D eigenvalue weighted by Crippen LogP contribution is -2.41. The van der Waals surface area contributed by atoms with Gasteiger partial charge >= 0.3 is 0 Å². The predicted octanol–water partition coefficient (Wildman–Crippen LogP) is 4.05. The van der Waals surface area contributed by atoms with E-state index in [4.69, 9.17) is 5.73 Å². The van der Waals surface area contributed by atoms with Crippen LogP contribution in [0.3, 0.4) is 0 Å². The number of nitrogens with two attached hydrogens (primary N) is 1. The second kappa shape index (κ2) is 10.2. The second-order valence-electron chi connectivity index (χ2n) is 9.51. The summed E-state index contributed by atoms with van der Waals surface area (Å²) in [5.74, 6) is -3.47. The number of fused-ring (bicyclic) bond motifs is 1. The number of aromatic nitrogens is 2. The van der Waals surface area contributed by atoms with Gasteiger partial charge in [0.25, 0.3) is 5.91 Å². The Hall–Kier alpha value is -3.53. The third-order valence-corrected chi connectivity index (χ3v) is 6.84. The molecular weight excluding hydrogens is 468 g/mol. The number of aryl methyl sites for hydroxylation is 2. The molecule has 0 bridgehead atoms. The maximum atomic E-state index is 13.5. The van der Waals surface area contributed by atoms with Gasteiger partial charge in [-0.25, -0.2) is 13.8 Å². The summed E-state index contributed by atoms with van der Waals surface area (Å²) in [6.07, 6.45) is -0.816. The number of benzene rings is 2. The van der Waals surface area contributed by atoms with Gasteiger partial charge in [0.15, 0.2) is 0 Å². The number of alkyl halides is 2. The van der Waals surface area contributed by atoms with Gasteiger partial charge in [0.2, 0.25) is 17.8 Å². The van der Waals surface area contributed by atoms with E-state index in [1.165, 1.54) is 0 Å². The molecule has 10 heteroatoms. The second-order valence-corrected chi connectivity index (χ2v) is 9.51. The number of carbonyl (C=O) groups is 2. The average Bonchev–Trinajstić information content (AvgIpc) is 3.18. The Morgan fingerprint density at radius 1 is 1.22 bits per heavy atom. The normalized spacial score (nSPS) is 16.6. The molecule has 2 aromatic carbocycles. The first-order valence-corrected chi connectivity index (χ1v) is 12.0. The van der Waals surface area contributed by atoms with Crippen molar-refractivity contribution in [3.63, 3.8) is 0 Å². The number of aliphatic hydroxyl groups is 1. The molecule has 1 unspecified atom stereocenters. The molecule has 1 aliphatic rings. The number of aliphatic hydroxyl groups excluding tert-OH is 1. The summed E-state index contributed by atoms with van der Waals surface area (Å²) in [5, 5.41) is 13.7. The SMILES string of the molecule is Cc1ccc(C(=O)Nc2nc3cc(N(C)C(O)C4CCC(F)(F)CC4)ccc3n2CCC(N)=O)cc1. The Labute approximate surface area is 208 Å². The first-order chi connectivity index (χ1) is 17.0. The van der Waals surface area contributed by atoms with E-state index in [0.29, 0.717) is 22.3 Å². The Morgan fingerprint density at radius 3 is 2.53 bits per heavy atom. The molecule has 0 spiro atoms. The summed E-state index contributed by atoms with van der Waals surface area (Å²) in [7, 11) is 1.71. The quantitative estimate of drug-likeness (QED) is 0.405. The zero-order valence-electron chi connectivity index (χ0n) is 20.4. The van der Waals surface area contributed by atoms with Gasteiger partial charge in [-0.05, 0) is 50.1 Å². The lowest BCUT2D eigenvalue weighted by atomic mass is 9.85. The zero-order chi connectivity index (χ0) is 26.0. The highest BCUT2D eigenvalue weighted by Crippen LogP contribution is 2.38. The third kappa shape index (κ3) is 5.64. The molecule has 2 amide bonds. The lowest BCUT2D eigenvalue weighted by Gasteiger charge is -2.36. The fourth-order valence-corrected chi connectivity index (χ4v) is 4.59. The first kappa shape index (κ1) is 25.6. The van der Waals surface area contributed by atoms with E-state index in [9.17, 15) is 23.5 Å². The Balaban J connectivity index is 1.60. The smallest absolute Gasteiger partial charge is 0.257 e. The number of anilines is 2. The van der Waals surface area contributed by atoms with Crippen LogP contribution in [0.1, 0.15) is 48.0 Å². The van der Waals surface area contributed by atoms with Crippen molar-refractivity contribution in [1.82, 2.24) is 9.55 Å². The topological polar surface area (TPSA) is 113 Å². The van der Waals surface area contributed by atoms with Crippen LogP contribution in [0.5, 0.6) is 0 Å². The van der Waals surface area contributed by atoms with Crippen molar-refractivity contribution in [2.24, 2.45) is 11.7 Å². The van der Waals surface area contributed by atoms with Gasteiger partial charge < -0.3 is 20.3 Å². The van der Waals surface area contributed by atoms with E-state index >= 15 is 0 Å². The van der Waals surface area contributed by atoms with Crippen LogP contribution in [0.2, 0.25) is 0 Å². The number of carbonyl (C=O) groups excluding carboxylic acids is 2. The number of nitrogens with one attached hydrogen (secondary N) is 1. The van der Waals surface area contributed by atoms with Crippen LogP contribution in [0.25, 0.3) is 11.0 Å². The van der Waals surface area contributed by atoms with E-state index in [0.717, 1.165) is 5.56 Å². The van der Waals surface area contributed by atoms with Crippen molar-refractivity contribution >= 4 is 34.5 Å². The molecule has 0 aliphatic heterocycles. The van der Waals surface area contributed by atoms with Gasteiger partial charge in [0.05, 0.1) is 11.0 Å². The fourth-order valence-electron chi connectivity index (χ4n) is 4.59. The van der Waals surface area contributed by atoms with Crippen LogP contribution >= 0.6 is 0 Å². The minimum Gasteiger partial charge on any atom is -0.373 e. The number of rotatable bonds is 8. The van der Waals surface area contributed by atoms with Crippen LogP contribution in [0.4, 0.5) is 20.4 Å². The summed E-state index contributed by atoms with van der Waals surface area (Å²) in [6, 6.07) is 12.5. The highest BCUT2D eigenvalue weighted by molar-refractivity contribution is 6.04. The van der Waals surface area contributed by atoms with Gasteiger partial charge in [-0.3, -0.25) is 14.9 Å². The Bertz CT molecular complexity index is 1250. The van der Waals surface area contributed by atoms with E-state index < -0.39 is 18.1 Å².